The van der Waals surface area contributed by atoms with Gasteiger partial charge in [0.05, 0.1) is 22.4 Å². The standard InChI is InChI=1S/C27H29BrN4/c1-19-6-5-9-22(11-10-19)24-18-30-27-25(31-24)26(23(28)17-29-27)32-14-12-21(13-15-32)16-20-7-3-2-4-8-20/h2-8,10-11,17,21H,9,12-16,18H2,1H3,(H,29,30). The number of hydrogen-bond acceptors (Lipinski definition) is 4. The van der Waals surface area contributed by atoms with Crippen LogP contribution in [0.2, 0.25) is 0 Å². The lowest BCUT2D eigenvalue weighted by molar-refractivity contribution is 0.403. The molecule has 2 aromatic rings. The molecule has 1 saturated heterocycles. The number of pyridine rings is 1. The van der Waals surface area contributed by atoms with E-state index in [1.807, 2.05) is 6.20 Å². The minimum Gasteiger partial charge on any atom is -0.369 e. The number of fused-ring (bicyclic) bond motifs is 1. The first-order chi connectivity index (χ1) is 15.7. The maximum absolute atomic E-state index is 5.15. The normalized spacial score (nSPS) is 18.8. The Labute approximate surface area is 199 Å². The highest BCUT2D eigenvalue weighted by atomic mass is 79.9. The summed E-state index contributed by atoms with van der Waals surface area (Å²) in [4.78, 5) is 12.3. The molecule has 1 aromatic heterocycles. The van der Waals surface area contributed by atoms with Gasteiger partial charge in [0, 0.05) is 19.3 Å². The quantitative estimate of drug-likeness (QED) is 0.524. The average Bonchev–Trinajstić information content (AvgIpc) is 3.04. The Balaban J connectivity index is 1.38. The second-order valence-corrected chi connectivity index (χ2v) is 9.75. The first-order valence-electron chi connectivity index (χ1n) is 11.5. The van der Waals surface area contributed by atoms with Crippen LogP contribution >= 0.6 is 15.9 Å². The van der Waals surface area contributed by atoms with Gasteiger partial charge in [0.2, 0.25) is 0 Å². The van der Waals surface area contributed by atoms with Crippen molar-refractivity contribution in [1.29, 1.82) is 0 Å². The van der Waals surface area contributed by atoms with Crippen LogP contribution in [0.1, 0.15) is 31.7 Å². The molecule has 0 saturated carbocycles. The third-order valence-electron chi connectivity index (χ3n) is 6.59. The molecule has 0 unspecified atom stereocenters. The van der Waals surface area contributed by atoms with Crippen LogP contribution in [0.4, 0.5) is 17.2 Å². The summed E-state index contributed by atoms with van der Waals surface area (Å²) in [6.07, 6.45) is 15.2. The summed E-state index contributed by atoms with van der Waals surface area (Å²) in [5.41, 5.74) is 7.23. The number of rotatable bonds is 4. The zero-order valence-corrected chi connectivity index (χ0v) is 20.1. The molecule has 5 rings (SSSR count). The molecule has 3 heterocycles. The average molecular weight is 489 g/mol. The van der Waals surface area contributed by atoms with Crippen molar-refractivity contribution < 1.29 is 0 Å². The molecular weight excluding hydrogens is 460 g/mol. The van der Waals surface area contributed by atoms with Crippen molar-refractivity contribution in [3.63, 3.8) is 0 Å². The molecule has 5 heteroatoms. The maximum atomic E-state index is 5.15. The van der Waals surface area contributed by atoms with Crippen LogP contribution in [0.3, 0.4) is 0 Å². The smallest absolute Gasteiger partial charge is 0.154 e. The van der Waals surface area contributed by atoms with Crippen LogP contribution in [-0.4, -0.2) is 30.3 Å². The number of halogens is 1. The van der Waals surface area contributed by atoms with E-state index in [-0.39, 0.29) is 0 Å². The largest absolute Gasteiger partial charge is 0.369 e. The van der Waals surface area contributed by atoms with E-state index in [1.165, 1.54) is 41.7 Å². The van der Waals surface area contributed by atoms with Crippen molar-refractivity contribution in [3.05, 3.63) is 82.0 Å². The fourth-order valence-corrected chi connectivity index (χ4v) is 5.32. The molecule has 2 aliphatic heterocycles. The Kier molecular flexibility index (Phi) is 6.26. The van der Waals surface area contributed by atoms with Gasteiger partial charge in [0.1, 0.15) is 5.69 Å². The van der Waals surface area contributed by atoms with Crippen molar-refractivity contribution in [3.8, 4) is 0 Å². The number of nitrogens with zero attached hydrogens (tertiary/aromatic N) is 3. The summed E-state index contributed by atoms with van der Waals surface area (Å²) in [5.74, 6) is 1.62. The molecule has 3 aliphatic rings. The van der Waals surface area contributed by atoms with Crippen LogP contribution in [0.25, 0.3) is 0 Å². The van der Waals surface area contributed by atoms with E-state index in [9.17, 15) is 0 Å². The summed E-state index contributed by atoms with van der Waals surface area (Å²) in [6.45, 7) is 4.94. The van der Waals surface area contributed by atoms with Gasteiger partial charge in [-0.2, -0.15) is 0 Å². The summed E-state index contributed by atoms with van der Waals surface area (Å²) < 4.78 is 1.02. The van der Waals surface area contributed by atoms with Gasteiger partial charge in [-0.25, -0.2) is 9.98 Å². The zero-order chi connectivity index (χ0) is 21.9. The predicted molar refractivity (Wildman–Crippen MR) is 138 cm³/mol. The molecule has 32 heavy (non-hydrogen) atoms. The summed E-state index contributed by atoms with van der Waals surface area (Å²) in [5, 5.41) is 3.51. The Morgan fingerprint density at radius 2 is 1.94 bits per heavy atom. The molecule has 1 N–H and O–H groups in total. The second kappa shape index (κ2) is 9.45. The predicted octanol–water partition coefficient (Wildman–Crippen LogP) is 6.63. The van der Waals surface area contributed by atoms with E-state index in [1.54, 1.807) is 0 Å². The van der Waals surface area contributed by atoms with Gasteiger partial charge in [-0.15, -0.1) is 0 Å². The van der Waals surface area contributed by atoms with Crippen LogP contribution in [0.5, 0.6) is 0 Å². The first-order valence-corrected chi connectivity index (χ1v) is 12.3. The molecule has 1 fully saturated rings. The van der Waals surface area contributed by atoms with Gasteiger partial charge in [-0.1, -0.05) is 60.2 Å². The Morgan fingerprint density at radius 3 is 2.75 bits per heavy atom. The Bertz CT molecular complexity index is 1110. The van der Waals surface area contributed by atoms with Crippen molar-refractivity contribution in [2.24, 2.45) is 10.9 Å². The van der Waals surface area contributed by atoms with Gasteiger partial charge in [0.25, 0.3) is 0 Å². The number of anilines is 2. The fourth-order valence-electron chi connectivity index (χ4n) is 4.78. The van der Waals surface area contributed by atoms with Gasteiger partial charge >= 0.3 is 0 Å². The van der Waals surface area contributed by atoms with E-state index >= 15 is 0 Å². The molecule has 1 aromatic carbocycles. The van der Waals surface area contributed by atoms with Crippen molar-refractivity contribution in [1.82, 2.24) is 4.98 Å². The monoisotopic (exact) mass is 488 g/mol. The van der Waals surface area contributed by atoms with Crippen LogP contribution in [-0.2, 0) is 6.42 Å². The Morgan fingerprint density at radius 1 is 1.12 bits per heavy atom. The summed E-state index contributed by atoms with van der Waals surface area (Å²) >= 11 is 3.78. The van der Waals surface area contributed by atoms with E-state index in [2.05, 4.69) is 92.7 Å². The van der Waals surface area contributed by atoms with Gasteiger partial charge in [-0.05, 0) is 65.6 Å². The first kappa shape index (κ1) is 21.2. The van der Waals surface area contributed by atoms with Gasteiger partial charge < -0.3 is 10.2 Å². The van der Waals surface area contributed by atoms with E-state index in [0.717, 1.165) is 47.1 Å². The van der Waals surface area contributed by atoms with Crippen LogP contribution < -0.4 is 10.2 Å². The third kappa shape index (κ3) is 4.58. The highest BCUT2D eigenvalue weighted by Gasteiger charge is 2.27. The van der Waals surface area contributed by atoms with E-state index in [4.69, 9.17) is 4.99 Å². The van der Waals surface area contributed by atoms with E-state index in [0.29, 0.717) is 6.54 Å². The molecule has 1 aliphatic carbocycles. The molecule has 164 valence electrons. The number of hydrogen-bond donors (Lipinski definition) is 1. The van der Waals surface area contributed by atoms with Crippen LogP contribution in [0.15, 0.2) is 81.4 Å². The second-order valence-electron chi connectivity index (χ2n) is 8.89. The minimum atomic E-state index is 0.715. The molecule has 0 bridgehead atoms. The summed E-state index contributed by atoms with van der Waals surface area (Å²) in [6, 6.07) is 10.9. The maximum Gasteiger partial charge on any atom is 0.154 e. The Hall–Kier alpha value is -2.66. The van der Waals surface area contributed by atoms with Gasteiger partial charge in [0.15, 0.2) is 5.82 Å². The zero-order valence-electron chi connectivity index (χ0n) is 18.5. The van der Waals surface area contributed by atoms with Crippen molar-refractivity contribution in [2.75, 3.05) is 29.9 Å². The van der Waals surface area contributed by atoms with Crippen molar-refractivity contribution >= 4 is 38.8 Å². The molecular formula is C27H29BrN4. The molecule has 0 spiro atoms. The third-order valence-corrected chi connectivity index (χ3v) is 7.17. The lowest BCUT2D eigenvalue weighted by Gasteiger charge is -2.35. The lowest BCUT2D eigenvalue weighted by atomic mass is 9.90. The SMILES string of the molecule is CC1=CC=C(C2=Nc3c(ncc(Br)c3N3CCC(Cc4ccccc4)CC3)NC2)CC=C1. The molecule has 0 atom stereocenters. The van der Waals surface area contributed by atoms with E-state index < -0.39 is 0 Å². The molecule has 4 nitrogen and oxygen atoms in total. The lowest BCUT2D eigenvalue weighted by Crippen LogP contribution is -2.35. The number of nitrogens with one attached hydrogen (secondary N) is 1. The molecule has 0 amide bonds. The number of aliphatic imine (C=N–C) groups is 1. The highest BCUT2D eigenvalue weighted by Crippen LogP contribution is 2.43. The van der Waals surface area contributed by atoms with Gasteiger partial charge in [-0.3, -0.25) is 0 Å². The number of piperidine rings is 1. The van der Waals surface area contributed by atoms with Crippen LogP contribution in [0, 0.1) is 5.92 Å². The topological polar surface area (TPSA) is 40.5 Å². The number of allylic oxidation sites excluding steroid dienone is 5. The van der Waals surface area contributed by atoms with Crippen molar-refractivity contribution in [2.45, 2.75) is 32.6 Å². The summed E-state index contributed by atoms with van der Waals surface area (Å²) in [7, 11) is 0. The number of benzene rings is 1. The molecule has 0 radical (unpaired) electrons. The minimum absolute atomic E-state index is 0.715. The highest BCUT2D eigenvalue weighted by molar-refractivity contribution is 9.10. The fraction of sp³-hybridized carbons (Fsp3) is 0.333. The number of aromatic nitrogens is 1.